The van der Waals surface area contributed by atoms with Crippen LogP contribution in [0.5, 0.6) is 0 Å². The van der Waals surface area contributed by atoms with Crippen molar-refractivity contribution < 1.29 is 4.92 Å². The van der Waals surface area contributed by atoms with Gasteiger partial charge in [0.15, 0.2) is 5.84 Å². The molecule has 0 saturated carbocycles. The van der Waals surface area contributed by atoms with Crippen LogP contribution in [-0.2, 0) is 0 Å². The quantitative estimate of drug-likeness (QED) is 0.696. The number of anilines is 1. The SMILES string of the molecule is Cc1ccc([N+](=O)[O-])c(C2=NNCN2c2cccc(Cl)c2)c1. The summed E-state index contributed by atoms with van der Waals surface area (Å²) in [6.07, 6.45) is 0. The highest BCUT2D eigenvalue weighted by molar-refractivity contribution is 6.31. The lowest BCUT2D eigenvalue weighted by Crippen LogP contribution is -2.30. The molecule has 1 aliphatic heterocycles. The Morgan fingerprint density at radius 3 is 2.86 bits per heavy atom. The van der Waals surface area contributed by atoms with Gasteiger partial charge in [-0.15, -0.1) is 0 Å². The van der Waals surface area contributed by atoms with Gasteiger partial charge in [-0.1, -0.05) is 23.7 Å². The van der Waals surface area contributed by atoms with Crippen LogP contribution in [0.25, 0.3) is 0 Å². The summed E-state index contributed by atoms with van der Waals surface area (Å²) in [5.41, 5.74) is 5.14. The monoisotopic (exact) mass is 316 g/mol. The van der Waals surface area contributed by atoms with Gasteiger partial charge >= 0.3 is 0 Å². The lowest BCUT2D eigenvalue weighted by atomic mass is 10.1. The zero-order valence-electron chi connectivity index (χ0n) is 11.8. The maximum atomic E-state index is 11.3. The molecule has 2 aromatic rings. The first-order valence-electron chi connectivity index (χ1n) is 6.65. The van der Waals surface area contributed by atoms with Gasteiger partial charge in [-0.3, -0.25) is 15.5 Å². The third-order valence-corrected chi connectivity index (χ3v) is 3.61. The van der Waals surface area contributed by atoms with Crippen LogP contribution in [0.4, 0.5) is 11.4 Å². The Morgan fingerprint density at radius 1 is 1.32 bits per heavy atom. The molecule has 1 N–H and O–H groups in total. The Labute approximate surface area is 132 Å². The van der Waals surface area contributed by atoms with Crippen LogP contribution in [0.1, 0.15) is 11.1 Å². The Balaban J connectivity index is 2.08. The van der Waals surface area contributed by atoms with Crippen LogP contribution < -0.4 is 10.3 Å². The third kappa shape index (κ3) is 2.60. The number of hydrogen-bond acceptors (Lipinski definition) is 5. The summed E-state index contributed by atoms with van der Waals surface area (Å²) in [6, 6.07) is 12.3. The minimum absolute atomic E-state index is 0.0279. The number of benzene rings is 2. The van der Waals surface area contributed by atoms with Crippen molar-refractivity contribution in [3.63, 3.8) is 0 Å². The summed E-state index contributed by atoms with van der Waals surface area (Å²) in [5.74, 6) is 0.512. The molecule has 3 rings (SSSR count). The topological polar surface area (TPSA) is 70.8 Å². The van der Waals surface area contributed by atoms with E-state index in [2.05, 4.69) is 10.5 Å². The molecule has 6 nitrogen and oxygen atoms in total. The highest BCUT2D eigenvalue weighted by atomic mass is 35.5. The molecular weight excluding hydrogens is 304 g/mol. The van der Waals surface area contributed by atoms with Gasteiger partial charge in [0.05, 0.1) is 10.5 Å². The summed E-state index contributed by atoms with van der Waals surface area (Å²) < 4.78 is 0. The van der Waals surface area contributed by atoms with E-state index in [1.165, 1.54) is 6.07 Å². The molecule has 0 saturated heterocycles. The number of nitrogens with zero attached hydrogens (tertiary/aromatic N) is 3. The Morgan fingerprint density at radius 2 is 2.14 bits per heavy atom. The van der Waals surface area contributed by atoms with Gasteiger partial charge < -0.3 is 4.90 Å². The highest BCUT2D eigenvalue weighted by Gasteiger charge is 2.27. The third-order valence-electron chi connectivity index (χ3n) is 3.38. The maximum absolute atomic E-state index is 11.3. The first-order chi connectivity index (χ1) is 10.6. The molecule has 0 bridgehead atoms. The van der Waals surface area contributed by atoms with Crippen LogP contribution in [0.2, 0.25) is 5.02 Å². The van der Waals surface area contributed by atoms with E-state index in [1.807, 2.05) is 24.0 Å². The number of nitrogens with one attached hydrogen (secondary N) is 1. The van der Waals surface area contributed by atoms with Gasteiger partial charge in [0.2, 0.25) is 0 Å². The molecule has 0 aliphatic carbocycles. The van der Waals surface area contributed by atoms with Gasteiger partial charge in [0.25, 0.3) is 5.69 Å². The standard InChI is InChI=1S/C15H13ClN4O2/c1-10-5-6-14(20(21)22)13(7-10)15-18-17-9-19(15)12-4-2-3-11(16)8-12/h2-8,17H,9H2,1H3. The normalized spacial score (nSPS) is 13.7. The molecule has 0 aromatic heterocycles. The average Bonchev–Trinajstić information content (AvgIpc) is 2.96. The van der Waals surface area contributed by atoms with E-state index in [-0.39, 0.29) is 5.69 Å². The fourth-order valence-corrected chi connectivity index (χ4v) is 2.55. The van der Waals surface area contributed by atoms with Crippen LogP contribution in [0.15, 0.2) is 47.6 Å². The van der Waals surface area contributed by atoms with Crippen LogP contribution in [0.3, 0.4) is 0 Å². The highest BCUT2D eigenvalue weighted by Crippen LogP contribution is 2.27. The van der Waals surface area contributed by atoms with Crippen molar-refractivity contribution >= 4 is 28.8 Å². The lowest BCUT2D eigenvalue weighted by Gasteiger charge is -2.19. The van der Waals surface area contributed by atoms with Crippen LogP contribution in [0, 0.1) is 17.0 Å². The summed E-state index contributed by atoms with van der Waals surface area (Å²) >= 11 is 6.03. The number of aryl methyl sites for hydroxylation is 1. The van der Waals surface area contributed by atoms with E-state index < -0.39 is 4.92 Å². The molecule has 7 heteroatoms. The fourth-order valence-electron chi connectivity index (χ4n) is 2.37. The van der Waals surface area contributed by atoms with Crippen molar-refractivity contribution in [3.05, 3.63) is 68.7 Å². The minimum Gasteiger partial charge on any atom is -0.305 e. The fraction of sp³-hybridized carbons (Fsp3) is 0.133. The molecule has 112 valence electrons. The summed E-state index contributed by atoms with van der Waals surface area (Å²) in [6.45, 7) is 2.32. The van der Waals surface area contributed by atoms with Crippen molar-refractivity contribution in [3.8, 4) is 0 Å². The lowest BCUT2D eigenvalue weighted by molar-refractivity contribution is -0.385. The maximum Gasteiger partial charge on any atom is 0.280 e. The van der Waals surface area contributed by atoms with Crippen molar-refractivity contribution in [2.45, 2.75) is 6.92 Å². The number of nitro benzene ring substituents is 1. The van der Waals surface area contributed by atoms with E-state index in [9.17, 15) is 10.1 Å². The molecule has 0 fully saturated rings. The Kier molecular flexibility index (Phi) is 3.68. The minimum atomic E-state index is -0.397. The zero-order valence-corrected chi connectivity index (χ0v) is 12.5. The van der Waals surface area contributed by atoms with Crippen molar-refractivity contribution in [1.82, 2.24) is 5.43 Å². The number of halogens is 1. The van der Waals surface area contributed by atoms with Crippen LogP contribution >= 0.6 is 11.6 Å². The zero-order chi connectivity index (χ0) is 15.7. The molecule has 22 heavy (non-hydrogen) atoms. The van der Waals surface area contributed by atoms with E-state index in [1.54, 1.807) is 24.3 Å². The van der Waals surface area contributed by atoms with Gasteiger partial charge in [-0.05, 0) is 36.8 Å². The molecule has 0 amide bonds. The molecule has 0 atom stereocenters. The number of amidine groups is 1. The summed E-state index contributed by atoms with van der Waals surface area (Å²) in [7, 11) is 0. The van der Waals surface area contributed by atoms with E-state index in [0.717, 1.165) is 11.3 Å². The second kappa shape index (κ2) is 5.65. The second-order valence-electron chi connectivity index (χ2n) is 4.94. The largest absolute Gasteiger partial charge is 0.305 e. The number of nitro groups is 1. The first kappa shape index (κ1) is 14.3. The number of rotatable bonds is 3. The second-order valence-corrected chi connectivity index (χ2v) is 5.37. The van der Waals surface area contributed by atoms with Crippen molar-refractivity contribution in [2.75, 3.05) is 11.6 Å². The Hall–Kier alpha value is -2.60. The number of hydrogen-bond donors (Lipinski definition) is 1. The molecule has 0 radical (unpaired) electrons. The van der Waals surface area contributed by atoms with E-state index in [0.29, 0.717) is 23.1 Å². The average molecular weight is 317 g/mol. The molecule has 0 spiro atoms. The van der Waals surface area contributed by atoms with Gasteiger partial charge in [-0.25, -0.2) is 0 Å². The van der Waals surface area contributed by atoms with Gasteiger partial charge in [0, 0.05) is 16.8 Å². The van der Waals surface area contributed by atoms with Crippen molar-refractivity contribution in [1.29, 1.82) is 0 Å². The first-order valence-corrected chi connectivity index (χ1v) is 7.03. The van der Waals surface area contributed by atoms with E-state index >= 15 is 0 Å². The summed E-state index contributed by atoms with van der Waals surface area (Å²) in [5, 5.41) is 16.1. The smallest absolute Gasteiger partial charge is 0.280 e. The molecule has 2 aromatic carbocycles. The molecular formula is C15H13ClN4O2. The van der Waals surface area contributed by atoms with Gasteiger partial charge in [-0.2, -0.15) is 5.10 Å². The molecule has 0 unspecified atom stereocenters. The molecule has 1 aliphatic rings. The number of hydrazone groups is 1. The predicted molar refractivity (Wildman–Crippen MR) is 86.3 cm³/mol. The van der Waals surface area contributed by atoms with Crippen LogP contribution in [-0.4, -0.2) is 17.4 Å². The van der Waals surface area contributed by atoms with E-state index in [4.69, 9.17) is 11.6 Å². The van der Waals surface area contributed by atoms with Gasteiger partial charge in [0.1, 0.15) is 6.67 Å². The van der Waals surface area contributed by atoms with Crippen molar-refractivity contribution in [2.24, 2.45) is 5.10 Å². The summed E-state index contributed by atoms with van der Waals surface area (Å²) in [4.78, 5) is 12.7. The Bertz CT molecular complexity index is 776. The predicted octanol–water partition coefficient (Wildman–Crippen LogP) is 3.29. The molecule has 1 heterocycles.